The summed E-state index contributed by atoms with van der Waals surface area (Å²) in [5, 5.41) is 0. The molecule has 1 saturated heterocycles. The Labute approximate surface area is 96.2 Å². The van der Waals surface area contributed by atoms with Gasteiger partial charge in [0, 0.05) is 5.69 Å². The highest BCUT2D eigenvalue weighted by atomic mass is 16.2. The fourth-order valence-electron chi connectivity index (χ4n) is 2.04. The van der Waals surface area contributed by atoms with E-state index < -0.39 is 0 Å². The molecule has 86 valence electrons. The summed E-state index contributed by atoms with van der Waals surface area (Å²) in [5.74, 6) is 0.511. The Morgan fingerprint density at radius 2 is 2.19 bits per heavy atom. The molecule has 1 fully saturated rings. The van der Waals surface area contributed by atoms with Crippen LogP contribution < -0.4 is 10.6 Å². The topological polar surface area (TPSA) is 46.3 Å². The number of rotatable bonds is 3. The lowest BCUT2D eigenvalue weighted by Crippen LogP contribution is -2.61. The molecule has 2 atom stereocenters. The molecular weight excluding hydrogens is 200 g/mol. The SMILES string of the molecule is CCC(C)c1ccccc1N1CC(N)C1=O. The molecule has 0 spiro atoms. The molecule has 1 aromatic rings. The second-order valence-corrected chi connectivity index (χ2v) is 4.42. The highest BCUT2D eigenvalue weighted by molar-refractivity contribution is 6.04. The molecular formula is C13H18N2O. The Morgan fingerprint density at radius 1 is 1.50 bits per heavy atom. The molecule has 3 nitrogen and oxygen atoms in total. The van der Waals surface area contributed by atoms with Crippen LogP contribution in [0.25, 0.3) is 0 Å². The first-order valence-electron chi connectivity index (χ1n) is 5.81. The van der Waals surface area contributed by atoms with Crippen molar-refractivity contribution >= 4 is 11.6 Å². The third-order valence-electron chi connectivity index (χ3n) is 3.33. The van der Waals surface area contributed by atoms with Gasteiger partial charge in [-0.3, -0.25) is 4.79 Å². The van der Waals surface area contributed by atoms with Gasteiger partial charge in [-0.25, -0.2) is 0 Å². The van der Waals surface area contributed by atoms with Crippen molar-refractivity contribution in [3.63, 3.8) is 0 Å². The lowest BCUT2D eigenvalue weighted by molar-refractivity contribution is -0.123. The standard InChI is InChI=1S/C13H18N2O/c1-3-9(2)10-6-4-5-7-12(10)15-8-11(14)13(15)16/h4-7,9,11H,3,8,14H2,1-2H3. The van der Waals surface area contributed by atoms with Crippen LogP contribution in [0.2, 0.25) is 0 Å². The summed E-state index contributed by atoms with van der Waals surface area (Å²) in [6.07, 6.45) is 1.07. The molecule has 0 aromatic heterocycles. The van der Waals surface area contributed by atoms with Gasteiger partial charge in [0.05, 0.1) is 6.54 Å². The summed E-state index contributed by atoms with van der Waals surface area (Å²) in [6.45, 7) is 4.99. The minimum atomic E-state index is -0.301. The maximum atomic E-state index is 11.6. The van der Waals surface area contributed by atoms with E-state index in [9.17, 15) is 4.79 Å². The molecule has 0 bridgehead atoms. The van der Waals surface area contributed by atoms with E-state index in [0.29, 0.717) is 12.5 Å². The van der Waals surface area contributed by atoms with Gasteiger partial charge in [0.2, 0.25) is 5.91 Å². The van der Waals surface area contributed by atoms with E-state index >= 15 is 0 Å². The minimum absolute atomic E-state index is 0.0377. The summed E-state index contributed by atoms with van der Waals surface area (Å²) < 4.78 is 0. The van der Waals surface area contributed by atoms with Crippen LogP contribution in [-0.4, -0.2) is 18.5 Å². The van der Waals surface area contributed by atoms with Gasteiger partial charge >= 0.3 is 0 Å². The van der Waals surface area contributed by atoms with Crippen molar-refractivity contribution in [3.8, 4) is 0 Å². The zero-order valence-corrected chi connectivity index (χ0v) is 9.81. The molecule has 2 unspecified atom stereocenters. The predicted octanol–water partition coefficient (Wildman–Crippen LogP) is 1.87. The number of nitrogens with zero attached hydrogens (tertiary/aromatic N) is 1. The minimum Gasteiger partial charge on any atom is -0.318 e. The molecule has 1 heterocycles. The van der Waals surface area contributed by atoms with Crippen molar-refractivity contribution in [3.05, 3.63) is 29.8 Å². The van der Waals surface area contributed by atoms with Crippen LogP contribution in [0.3, 0.4) is 0 Å². The van der Waals surface area contributed by atoms with E-state index in [1.165, 1.54) is 5.56 Å². The summed E-state index contributed by atoms with van der Waals surface area (Å²) in [6, 6.07) is 7.80. The first-order chi connectivity index (χ1) is 7.65. The van der Waals surface area contributed by atoms with Crippen molar-refractivity contribution in [2.24, 2.45) is 5.73 Å². The van der Waals surface area contributed by atoms with Gasteiger partial charge < -0.3 is 10.6 Å². The first kappa shape index (κ1) is 11.1. The van der Waals surface area contributed by atoms with E-state index in [0.717, 1.165) is 12.1 Å². The van der Waals surface area contributed by atoms with Crippen LogP contribution in [0.5, 0.6) is 0 Å². The highest BCUT2D eigenvalue weighted by Gasteiger charge is 2.35. The van der Waals surface area contributed by atoms with E-state index in [1.54, 1.807) is 4.90 Å². The molecule has 0 aliphatic carbocycles. The number of anilines is 1. The number of amides is 1. The Hall–Kier alpha value is -1.35. The third-order valence-corrected chi connectivity index (χ3v) is 3.33. The van der Waals surface area contributed by atoms with Gasteiger partial charge in [-0.05, 0) is 24.0 Å². The Kier molecular flexibility index (Phi) is 2.97. The van der Waals surface area contributed by atoms with Gasteiger partial charge in [0.1, 0.15) is 6.04 Å². The molecule has 0 saturated carbocycles. The summed E-state index contributed by atoms with van der Waals surface area (Å²) >= 11 is 0. The molecule has 3 heteroatoms. The lowest BCUT2D eigenvalue weighted by Gasteiger charge is -2.38. The number of carbonyl (C=O) groups is 1. The van der Waals surface area contributed by atoms with E-state index in [4.69, 9.17) is 5.73 Å². The van der Waals surface area contributed by atoms with Crippen LogP contribution in [0.4, 0.5) is 5.69 Å². The molecule has 2 rings (SSSR count). The Balaban J connectivity index is 2.30. The average molecular weight is 218 g/mol. The maximum Gasteiger partial charge on any atom is 0.245 e. The van der Waals surface area contributed by atoms with Crippen molar-refractivity contribution in [2.75, 3.05) is 11.4 Å². The van der Waals surface area contributed by atoms with Crippen LogP contribution in [0.15, 0.2) is 24.3 Å². The second kappa shape index (κ2) is 4.26. The number of carbonyl (C=O) groups excluding carboxylic acids is 1. The zero-order chi connectivity index (χ0) is 11.7. The number of para-hydroxylation sites is 1. The molecule has 0 radical (unpaired) electrons. The van der Waals surface area contributed by atoms with Crippen LogP contribution in [0.1, 0.15) is 31.7 Å². The average Bonchev–Trinajstić information content (AvgIpc) is 2.34. The van der Waals surface area contributed by atoms with Crippen molar-refractivity contribution in [1.29, 1.82) is 0 Å². The quantitative estimate of drug-likeness (QED) is 0.787. The van der Waals surface area contributed by atoms with E-state index in [-0.39, 0.29) is 11.9 Å². The smallest absolute Gasteiger partial charge is 0.245 e. The van der Waals surface area contributed by atoms with Crippen molar-refractivity contribution < 1.29 is 4.79 Å². The molecule has 16 heavy (non-hydrogen) atoms. The van der Waals surface area contributed by atoms with Gasteiger partial charge in [-0.15, -0.1) is 0 Å². The van der Waals surface area contributed by atoms with Gasteiger partial charge in [-0.2, -0.15) is 0 Å². The monoisotopic (exact) mass is 218 g/mol. The molecule has 1 aliphatic rings. The van der Waals surface area contributed by atoms with Gasteiger partial charge in [0.15, 0.2) is 0 Å². The van der Waals surface area contributed by atoms with E-state index in [1.807, 2.05) is 18.2 Å². The fraction of sp³-hybridized carbons (Fsp3) is 0.462. The number of benzene rings is 1. The molecule has 1 aromatic carbocycles. The second-order valence-electron chi connectivity index (χ2n) is 4.42. The van der Waals surface area contributed by atoms with E-state index in [2.05, 4.69) is 19.9 Å². The highest BCUT2D eigenvalue weighted by Crippen LogP contribution is 2.32. The van der Waals surface area contributed by atoms with Gasteiger partial charge in [0.25, 0.3) is 0 Å². The third kappa shape index (κ3) is 1.71. The largest absolute Gasteiger partial charge is 0.318 e. The summed E-state index contributed by atoms with van der Waals surface area (Å²) in [4.78, 5) is 13.4. The number of nitrogens with two attached hydrogens (primary N) is 1. The molecule has 2 N–H and O–H groups in total. The summed E-state index contributed by atoms with van der Waals surface area (Å²) in [5.41, 5.74) is 7.89. The van der Waals surface area contributed by atoms with Crippen molar-refractivity contribution in [2.45, 2.75) is 32.2 Å². The number of hydrogen-bond acceptors (Lipinski definition) is 2. The number of β-lactam (4-membered cyclic amide) rings is 1. The maximum absolute atomic E-state index is 11.6. The lowest BCUT2D eigenvalue weighted by atomic mass is 9.94. The first-order valence-corrected chi connectivity index (χ1v) is 5.81. The van der Waals surface area contributed by atoms with Crippen LogP contribution in [-0.2, 0) is 4.79 Å². The predicted molar refractivity (Wildman–Crippen MR) is 65.5 cm³/mol. The Bertz CT molecular complexity index is 403. The normalized spacial score (nSPS) is 21.8. The van der Waals surface area contributed by atoms with Crippen molar-refractivity contribution in [1.82, 2.24) is 0 Å². The van der Waals surface area contributed by atoms with Crippen LogP contribution in [0, 0.1) is 0 Å². The summed E-state index contributed by atoms with van der Waals surface area (Å²) in [7, 11) is 0. The molecule has 1 amide bonds. The zero-order valence-electron chi connectivity index (χ0n) is 9.81. The van der Waals surface area contributed by atoms with Crippen LogP contribution >= 0.6 is 0 Å². The number of hydrogen-bond donors (Lipinski definition) is 1. The Morgan fingerprint density at radius 3 is 2.75 bits per heavy atom. The molecule has 1 aliphatic heterocycles. The fourth-order valence-corrected chi connectivity index (χ4v) is 2.04. The van der Waals surface area contributed by atoms with Gasteiger partial charge in [-0.1, -0.05) is 32.0 Å².